The number of furan rings is 1. The first-order chi connectivity index (χ1) is 18.2. The highest BCUT2D eigenvalue weighted by molar-refractivity contribution is 8.18. The fourth-order valence-electron chi connectivity index (χ4n) is 4.29. The monoisotopic (exact) mass is 544 g/mol. The lowest BCUT2D eigenvalue weighted by molar-refractivity contribution is -0.137. The summed E-state index contributed by atoms with van der Waals surface area (Å²) in [5, 5.41) is 5.06. The van der Waals surface area contributed by atoms with Gasteiger partial charge in [0.05, 0.1) is 40.1 Å². The van der Waals surface area contributed by atoms with Crippen molar-refractivity contribution in [2.45, 2.75) is 25.6 Å². The van der Waals surface area contributed by atoms with Crippen LogP contribution in [-0.4, -0.2) is 45.7 Å². The van der Waals surface area contributed by atoms with E-state index in [1.165, 1.54) is 12.5 Å². The van der Waals surface area contributed by atoms with Crippen LogP contribution in [0.5, 0.6) is 0 Å². The Kier molecular flexibility index (Phi) is 7.47. The van der Waals surface area contributed by atoms with Crippen LogP contribution in [0, 0.1) is 5.92 Å². The summed E-state index contributed by atoms with van der Waals surface area (Å²) in [5.41, 5.74) is 0.810. The number of halogens is 3. The lowest BCUT2D eigenvalue weighted by Gasteiger charge is -2.32. The van der Waals surface area contributed by atoms with Crippen LogP contribution in [-0.2, 0) is 17.5 Å². The molecule has 198 valence electrons. The quantitative estimate of drug-likeness (QED) is 0.416. The number of alkyl halides is 3. The van der Waals surface area contributed by atoms with Gasteiger partial charge in [-0.3, -0.25) is 19.9 Å². The molecule has 3 aromatic heterocycles. The number of anilines is 1. The zero-order valence-electron chi connectivity index (χ0n) is 20.0. The van der Waals surface area contributed by atoms with Crippen molar-refractivity contribution < 1.29 is 27.2 Å². The fraction of sp³-hybridized carbons (Fsp3) is 0.320. The minimum atomic E-state index is -4.47. The standard InChI is InChI=1S/C25H23F3N6O3S/c26-25(27,28)17-9-19(31-20(10-17)16-4-8-37-14-16)13-29-12-15-2-6-34(7-3-15)23-30-5-1-18(32-23)11-21-22(35)33-24(36)38-21/h1,4-5,8-11,14-15,29H,2-3,6-7,12-13H2,(H,33,35,36)/b21-11-. The molecule has 2 fully saturated rings. The van der Waals surface area contributed by atoms with Gasteiger partial charge in [0.25, 0.3) is 11.1 Å². The van der Waals surface area contributed by atoms with Gasteiger partial charge in [0.2, 0.25) is 5.95 Å². The van der Waals surface area contributed by atoms with Crippen LogP contribution in [0.25, 0.3) is 17.3 Å². The minimum Gasteiger partial charge on any atom is -0.472 e. The SMILES string of the molecule is O=C1NC(=O)/C(=C/c2ccnc(N3CCC(CNCc4cc(C(F)(F)F)cc(-c5ccoc5)n4)CC3)n2)S1. The molecule has 2 amide bonds. The first-order valence-electron chi connectivity index (χ1n) is 11.9. The van der Waals surface area contributed by atoms with Crippen LogP contribution >= 0.6 is 11.8 Å². The third kappa shape index (κ3) is 6.22. The molecule has 0 saturated carbocycles. The number of amides is 2. The van der Waals surface area contributed by atoms with Gasteiger partial charge in [-0.25, -0.2) is 9.97 Å². The maximum Gasteiger partial charge on any atom is 0.416 e. The molecule has 3 aromatic rings. The Bertz CT molecular complexity index is 1350. The predicted octanol–water partition coefficient (Wildman–Crippen LogP) is 4.48. The van der Waals surface area contributed by atoms with Gasteiger partial charge in [-0.15, -0.1) is 0 Å². The topological polar surface area (TPSA) is 113 Å². The van der Waals surface area contributed by atoms with E-state index in [9.17, 15) is 22.8 Å². The Balaban J connectivity index is 1.16. The average molecular weight is 545 g/mol. The summed E-state index contributed by atoms with van der Waals surface area (Å²) in [4.78, 5) is 38.7. The van der Waals surface area contributed by atoms with Crippen molar-refractivity contribution >= 4 is 34.9 Å². The molecule has 0 radical (unpaired) electrons. The first kappa shape index (κ1) is 25.9. The highest BCUT2D eigenvalue weighted by Gasteiger charge is 2.32. The molecule has 5 rings (SSSR count). The molecule has 2 saturated heterocycles. The van der Waals surface area contributed by atoms with E-state index >= 15 is 0 Å². The van der Waals surface area contributed by atoms with Crippen molar-refractivity contribution in [2.24, 2.45) is 5.92 Å². The highest BCUT2D eigenvalue weighted by atomic mass is 32.2. The minimum absolute atomic E-state index is 0.211. The number of carbonyl (C=O) groups is 2. The summed E-state index contributed by atoms with van der Waals surface area (Å²) in [7, 11) is 0. The second-order valence-corrected chi connectivity index (χ2v) is 9.95. The molecule has 0 atom stereocenters. The molecule has 0 spiro atoms. The van der Waals surface area contributed by atoms with Crippen molar-refractivity contribution in [1.82, 2.24) is 25.6 Å². The summed E-state index contributed by atoms with van der Waals surface area (Å²) in [6, 6.07) is 5.35. The predicted molar refractivity (Wildman–Crippen MR) is 135 cm³/mol. The molecule has 0 aliphatic carbocycles. The smallest absolute Gasteiger partial charge is 0.416 e. The van der Waals surface area contributed by atoms with Gasteiger partial charge in [0.15, 0.2) is 0 Å². The number of piperidine rings is 1. The molecule has 0 unspecified atom stereocenters. The molecule has 9 nitrogen and oxygen atoms in total. The molecular formula is C25H23F3N6O3S. The summed E-state index contributed by atoms with van der Waals surface area (Å²) < 4.78 is 45.2. The number of aromatic nitrogens is 3. The molecule has 0 bridgehead atoms. The van der Waals surface area contributed by atoms with Gasteiger partial charge >= 0.3 is 6.18 Å². The zero-order valence-corrected chi connectivity index (χ0v) is 20.8. The number of nitrogens with one attached hydrogen (secondary N) is 2. The van der Waals surface area contributed by atoms with E-state index in [0.717, 1.165) is 36.7 Å². The summed E-state index contributed by atoms with van der Waals surface area (Å²) in [5.74, 6) is 0.437. The number of pyridine rings is 1. The first-order valence-corrected chi connectivity index (χ1v) is 12.7. The maximum atomic E-state index is 13.4. The molecule has 5 heterocycles. The van der Waals surface area contributed by atoms with E-state index in [0.29, 0.717) is 48.5 Å². The number of nitrogens with zero attached hydrogens (tertiary/aromatic N) is 4. The van der Waals surface area contributed by atoms with E-state index in [1.807, 2.05) is 0 Å². The maximum absolute atomic E-state index is 13.4. The Morgan fingerprint density at radius 2 is 2.00 bits per heavy atom. The van der Waals surface area contributed by atoms with Gasteiger partial charge in [0.1, 0.15) is 0 Å². The molecule has 38 heavy (non-hydrogen) atoms. The van der Waals surface area contributed by atoms with E-state index in [4.69, 9.17) is 4.42 Å². The van der Waals surface area contributed by atoms with Crippen LogP contribution in [0.1, 0.15) is 29.8 Å². The van der Waals surface area contributed by atoms with Gasteiger partial charge < -0.3 is 14.6 Å². The van der Waals surface area contributed by atoms with Crippen molar-refractivity contribution in [2.75, 3.05) is 24.5 Å². The van der Waals surface area contributed by atoms with Crippen LogP contribution in [0.3, 0.4) is 0 Å². The zero-order chi connectivity index (χ0) is 26.7. The number of hydrogen-bond acceptors (Lipinski definition) is 9. The van der Waals surface area contributed by atoms with Crippen molar-refractivity contribution in [1.29, 1.82) is 0 Å². The lowest BCUT2D eigenvalue weighted by atomic mass is 9.97. The summed E-state index contributed by atoms with van der Waals surface area (Å²) >= 11 is 0.834. The molecule has 2 N–H and O–H groups in total. The third-order valence-electron chi connectivity index (χ3n) is 6.24. The Hall–Kier alpha value is -3.71. The van der Waals surface area contributed by atoms with Gasteiger partial charge in [0, 0.05) is 31.4 Å². The summed E-state index contributed by atoms with van der Waals surface area (Å²) in [6.45, 7) is 2.28. The lowest BCUT2D eigenvalue weighted by Crippen LogP contribution is -2.38. The van der Waals surface area contributed by atoms with E-state index < -0.39 is 22.9 Å². The highest BCUT2D eigenvalue weighted by Crippen LogP contribution is 2.32. The van der Waals surface area contributed by atoms with Crippen LogP contribution < -0.4 is 15.5 Å². The Morgan fingerprint density at radius 1 is 1.18 bits per heavy atom. The number of hydrogen-bond donors (Lipinski definition) is 2. The van der Waals surface area contributed by atoms with Gasteiger partial charge in [-0.05, 0) is 67.4 Å². The van der Waals surface area contributed by atoms with Gasteiger partial charge in [-0.1, -0.05) is 0 Å². The molecule has 13 heteroatoms. The van der Waals surface area contributed by atoms with E-state index in [2.05, 4.69) is 30.5 Å². The Morgan fingerprint density at radius 3 is 2.68 bits per heavy atom. The number of carbonyl (C=O) groups excluding carboxylic acids is 2. The normalized spacial score (nSPS) is 17.9. The second kappa shape index (κ2) is 11.0. The molecule has 0 aromatic carbocycles. The molecule has 2 aliphatic heterocycles. The Labute approximate surface area is 219 Å². The number of thioether (sulfide) groups is 1. The second-order valence-electron chi connectivity index (χ2n) is 8.94. The van der Waals surface area contributed by atoms with Crippen molar-refractivity contribution in [3.05, 3.63) is 64.8 Å². The third-order valence-corrected chi connectivity index (χ3v) is 7.06. The van der Waals surface area contributed by atoms with Gasteiger partial charge in [-0.2, -0.15) is 13.2 Å². The molecular weight excluding hydrogens is 521 g/mol. The van der Waals surface area contributed by atoms with Crippen molar-refractivity contribution in [3.8, 4) is 11.3 Å². The fourth-order valence-corrected chi connectivity index (χ4v) is 4.96. The van der Waals surface area contributed by atoms with E-state index in [-0.39, 0.29) is 17.1 Å². The van der Waals surface area contributed by atoms with Crippen LogP contribution in [0.15, 0.2) is 52.3 Å². The largest absolute Gasteiger partial charge is 0.472 e. The van der Waals surface area contributed by atoms with Crippen LogP contribution in [0.2, 0.25) is 0 Å². The van der Waals surface area contributed by atoms with Crippen LogP contribution in [0.4, 0.5) is 23.9 Å². The van der Waals surface area contributed by atoms with Crippen molar-refractivity contribution in [3.63, 3.8) is 0 Å². The number of rotatable bonds is 7. The summed E-state index contributed by atoms with van der Waals surface area (Å²) in [6.07, 6.45) is 3.17. The average Bonchev–Trinajstić information content (AvgIpc) is 3.54. The van der Waals surface area contributed by atoms with E-state index in [1.54, 1.807) is 24.4 Å². The number of imide groups is 1. The molecule has 2 aliphatic rings.